The highest BCUT2D eigenvalue weighted by Crippen LogP contribution is 2.40. The van der Waals surface area contributed by atoms with Crippen LogP contribution in [0.25, 0.3) is 0 Å². The van der Waals surface area contributed by atoms with Gasteiger partial charge in [-0.3, -0.25) is 19.3 Å². The first-order valence-electron chi connectivity index (χ1n) is 10.2. The third-order valence-electron chi connectivity index (χ3n) is 6.02. The molecule has 4 rings (SSSR count). The minimum absolute atomic E-state index is 0.115. The molecule has 1 aromatic carbocycles. The summed E-state index contributed by atoms with van der Waals surface area (Å²) in [5.41, 5.74) is -0.676. The van der Waals surface area contributed by atoms with E-state index in [0.717, 1.165) is 24.2 Å². The molecule has 30 heavy (non-hydrogen) atoms. The minimum atomic E-state index is -1.24. The zero-order valence-electron chi connectivity index (χ0n) is 16.9. The van der Waals surface area contributed by atoms with Crippen molar-refractivity contribution in [1.82, 2.24) is 15.1 Å². The summed E-state index contributed by atoms with van der Waals surface area (Å²) in [7, 11) is 0. The summed E-state index contributed by atoms with van der Waals surface area (Å²) in [6.45, 7) is 1.95. The summed E-state index contributed by atoms with van der Waals surface area (Å²) in [6.07, 6.45) is 3.20. The van der Waals surface area contributed by atoms with Crippen molar-refractivity contribution in [1.29, 1.82) is 0 Å². The van der Waals surface area contributed by atoms with Gasteiger partial charge in [-0.2, -0.15) is 0 Å². The highest BCUT2D eigenvalue weighted by molar-refractivity contribution is 6.09. The van der Waals surface area contributed by atoms with Crippen LogP contribution in [0.1, 0.15) is 38.2 Å². The van der Waals surface area contributed by atoms with Crippen LogP contribution in [0.4, 0.5) is 4.79 Å². The summed E-state index contributed by atoms with van der Waals surface area (Å²) in [4.78, 5) is 52.8. The Balaban J connectivity index is 1.40. The molecule has 0 saturated carbocycles. The average molecular weight is 415 g/mol. The molecule has 9 heteroatoms. The van der Waals surface area contributed by atoms with Crippen LogP contribution < -0.4 is 10.1 Å². The second-order valence-electron chi connectivity index (χ2n) is 7.91. The van der Waals surface area contributed by atoms with E-state index in [9.17, 15) is 19.2 Å². The number of amides is 4. The van der Waals surface area contributed by atoms with E-state index in [1.165, 1.54) is 0 Å². The van der Waals surface area contributed by atoms with Gasteiger partial charge in [-0.1, -0.05) is 18.2 Å². The Morgan fingerprint density at radius 3 is 2.87 bits per heavy atom. The number of hydrogen-bond donors (Lipinski definition) is 1. The van der Waals surface area contributed by atoms with Crippen molar-refractivity contribution in [2.24, 2.45) is 0 Å². The number of carbonyl (C=O) groups excluding carboxylic acids is 4. The molecule has 0 radical (unpaired) electrons. The van der Waals surface area contributed by atoms with E-state index in [1.54, 1.807) is 29.2 Å². The van der Waals surface area contributed by atoms with Crippen LogP contribution in [0, 0.1) is 0 Å². The number of nitrogens with zero attached hydrogens (tertiary/aromatic N) is 2. The van der Waals surface area contributed by atoms with Crippen LogP contribution in [0.15, 0.2) is 24.3 Å². The van der Waals surface area contributed by atoms with Gasteiger partial charge in [-0.05, 0) is 32.3 Å². The standard InChI is InChI=1S/C21H25N3O6/c1-14-6-4-5-10-23(14)17(25)13-30-18(26)12-24-19(27)21(22-20(24)28)9-11-29-16-8-3-2-7-15(16)21/h2-3,7-8,14H,4-6,9-13H2,1H3,(H,22,28)/t14-,21-/m1/s1. The molecular weight excluding hydrogens is 390 g/mol. The zero-order chi connectivity index (χ0) is 21.3. The molecule has 0 aromatic heterocycles. The number of para-hydroxylation sites is 1. The lowest BCUT2D eigenvalue weighted by molar-refractivity contribution is -0.155. The molecule has 1 aromatic rings. The molecule has 4 amide bonds. The number of likely N-dealkylation sites (tertiary alicyclic amines) is 1. The van der Waals surface area contributed by atoms with Crippen molar-refractivity contribution in [3.05, 3.63) is 29.8 Å². The first-order chi connectivity index (χ1) is 14.4. The normalized spacial score (nSPS) is 25.6. The number of ether oxygens (including phenoxy) is 2. The topological polar surface area (TPSA) is 105 Å². The van der Waals surface area contributed by atoms with Gasteiger partial charge in [0.25, 0.3) is 11.8 Å². The third-order valence-corrected chi connectivity index (χ3v) is 6.02. The van der Waals surface area contributed by atoms with Gasteiger partial charge in [0.05, 0.1) is 6.61 Å². The zero-order valence-corrected chi connectivity index (χ0v) is 16.9. The van der Waals surface area contributed by atoms with Crippen molar-refractivity contribution in [3.63, 3.8) is 0 Å². The van der Waals surface area contributed by atoms with Crippen molar-refractivity contribution in [2.75, 3.05) is 26.3 Å². The number of imide groups is 1. The van der Waals surface area contributed by atoms with Gasteiger partial charge in [0.1, 0.15) is 12.3 Å². The molecule has 2 fully saturated rings. The molecular formula is C21H25N3O6. The number of urea groups is 1. The quantitative estimate of drug-likeness (QED) is 0.584. The smallest absolute Gasteiger partial charge is 0.326 e. The molecule has 1 N–H and O–H groups in total. The maximum Gasteiger partial charge on any atom is 0.326 e. The number of fused-ring (bicyclic) bond motifs is 2. The predicted octanol–water partition coefficient (Wildman–Crippen LogP) is 1.16. The van der Waals surface area contributed by atoms with Gasteiger partial charge in [0.2, 0.25) is 0 Å². The maximum absolute atomic E-state index is 13.1. The van der Waals surface area contributed by atoms with Crippen molar-refractivity contribution in [3.8, 4) is 5.75 Å². The van der Waals surface area contributed by atoms with Crippen LogP contribution >= 0.6 is 0 Å². The Bertz CT molecular complexity index is 887. The van der Waals surface area contributed by atoms with Crippen LogP contribution in [0.3, 0.4) is 0 Å². The van der Waals surface area contributed by atoms with Crippen LogP contribution in [-0.4, -0.2) is 66.0 Å². The van der Waals surface area contributed by atoms with E-state index in [-0.39, 0.29) is 25.0 Å². The second-order valence-corrected chi connectivity index (χ2v) is 7.91. The Kier molecular flexibility index (Phi) is 5.36. The summed E-state index contributed by atoms with van der Waals surface area (Å²) < 4.78 is 10.7. The van der Waals surface area contributed by atoms with Crippen LogP contribution in [-0.2, 0) is 24.7 Å². The predicted molar refractivity (Wildman–Crippen MR) is 104 cm³/mol. The number of rotatable bonds is 4. The van der Waals surface area contributed by atoms with E-state index in [2.05, 4.69) is 5.32 Å². The SMILES string of the molecule is C[C@@H]1CCCCN1C(=O)COC(=O)CN1C(=O)N[C@@]2(CCOc3ccccc32)C1=O. The summed E-state index contributed by atoms with van der Waals surface area (Å²) in [5.74, 6) is -1.05. The molecule has 160 valence electrons. The van der Waals surface area contributed by atoms with E-state index in [0.29, 0.717) is 17.9 Å². The van der Waals surface area contributed by atoms with E-state index >= 15 is 0 Å². The molecule has 2 saturated heterocycles. The number of carbonyl (C=O) groups is 4. The molecule has 0 bridgehead atoms. The average Bonchev–Trinajstić information content (AvgIpc) is 2.97. The summed E-state index contributed by atoms with van der Waals surface area (Å²) in [5, 5.41) is 2.73. The Hall–Kier alpha value is -3.10. The van der Waals surface area contributed by atoms with Crippen LogP contribution in [0.2, 0.25) is 0 Å². The molecule has 2 atom stereocenters. The lowest BCUT2D eigenvalue weighted by Gasteiger charge is -2.33. The van der Waals surface area contributed by atoms with Gasteiger partial charge >= 0.3 is 12.0 Å². The monoisotopic (exact) mass is 415 g/mol. The molecule has 9 nitrogen and oxygen atoms in total. The summed E-state index contributed by atoms with van der Waals surface area (Å²) >= 11 is 0. The maximum atomic E-state index is 13.1. The van der Waals surface area contributed by atoms with Crippen molar-refractivity contribution >= 4 is 23.8 Å². The lowest BCUT2D eigenvalue weighted by atomic mass is 9.84. The first kappa shape index (κ1) is 20.2. The fourth-order valence-electron chi connectivity index (χ4n) is 4.38. The van der Waals surface area contributed by atoms with E-state index in [1.807, 2.05) is 6.92 Å². The Morgan fingerprint density at radius 1 is 1.27 bits per heavy atom. The number of benzene rings is 1. The highest BCUT2D eigenvalue weighted by Gasteiger charge is 2.55. The Labute approximate surface area is 174 Å². The first-order valence-corrected chi connectivity index (χ1v) is 10.2. The van der Waals surface area contributed by atoms with Gasteiger partial charge in [0, 0.05) is 24.6 Å². The van der Waals surface area contributed by atoms with Crippen molar-refractivity contribution < 1.29 is 28.7 Å². The van der Waals surface area contributed by atoms with Gasteiger partial charge in [-0.25, -0.2) is 4.79 Å². The van der Waals surface area contributed by atoms with Gasteiger partial charge in [0.15, 0.2) is 12.1 Å². The molecule has 0 unspecified atom stereocenters. The highest BCUT2D eigenvalue weighted by atomic mass is 16.5. The van der Waals surface area contributed by atoms with Crippen LogP contribution in [0.5, 0.6) is 5.75 Å². The van der Waals surface area contributed by atoms with Gasteiger partial charge < -0.3 is 19.7 Å². The molecule has 3 aliphatic rings. The number of piperidine rings is 1. The number of hydrogen-bond acceptors (Lipinski definition) is 6. The third kappa shape index (κ3) is 3.48. The molecule has 3 heterocycles. The fourth-order valence-corrected chi connectivity index (χ4v) is 4.38. The Morgan fingerprint density at radius 2 is 2.07 bits per heavy atom. The molecule has 1 spiro atoms. The van der Waals surface area contributed by atoms with Gasteiger partial charge in [-0.15, -0.1) is 0 Å². The minimum Gasteiger partial charge on any atom is -0.493 e. The van der Waals surface area contributed by atoms with Crippen molar-refractivity contribution in [2.45, 2.75) is 44.2 Å². The number of nitrogens with one attached hydrogen (secondary N) is 1. The van der Waals surface area contributed by atoms with E-state index < -0.39 is 36.6 Å². The van der Waals surface area contributed by atoms with E-state index in [4.69, 9.17) is 9.47 Å². The number of esters is 1. The molecule has 3 aliphatic heterocycles. The molecule has 0 aliphatic carbocycles. The second kappa shape index (κ2) is 7.97. The fraction of sp³-hybridized carbons (Fsp3) is 0.524. The summed E-state index contributed by atoms with van der Waals surface area (Å²) in [6, 6.07) is 6.47. The largest absolute Gasteiger partial charge is 0.493 e. The lowest BCUT2D eigenvalue weighted by Crippen LogP contribution is -2.48.